The lowest BCUT2D eigenvalue weighted by molar-refractivity contribution is 0.102. The second-order valence-electron chi connectivity index (χ2n) is 5.75. The molecule has 0 saturated carbocycles. The van der Waals surface area contributed by atoms with Crippen LogP contribution in [0.2, 0.25) is 0 Å². The Kier molecular flexibility index (Phi) is 4.84. The van der Waals surface area contributed by atoms with E-state index in [1.165, 1.54) is 0 Å². The van der Waals surface area contributed by atoms with Crippen molar-refractivity contribution in [2.75, 3.05) is 11.9 Å². The number of anilines is 1. The highest BCUT2D eigenvalue weighted by atomic mass is 16.5. The van der Waals surface area contributed by atoms with E-state index < -0.39 is 0 Å². The molecule has 0 aliphatic heterocycles. The van der Waals surface area contributed by atoms with Crippen molar-refractivity contribution >= 4 is 11.6 Å². The van der Waals surface area contributed by atoms with Gasteiger partial charge in [-0.3, -0.25) is 4.79 Å². The van der Waals surface area contributed by atoms with E-state index in [-0.39, 0.29) is 5.91 Å². The first-order chi connectivity index (χ1) is 12.1. The van der Waals surface area contributed by atoms with Crippen LogP contribution in [-0.4, -0.2) is 17.7 Å². The molecular weight excluding hydrogens is 316 g/mol. The van der Waals surface area contributed by atoms with Gasteiger partial charge in [0.2, 0.25) is 0 Å². The number of hydrogen-bond donors (Lipinski definition) is 1. The lowest BCUT2D eigenvalue weighted by atomic mass is 10.0. The number of carbonyl (C=O) groups excluding carboxylic acids is 1. The van der Waals surface area contributed by atoms with Crippen LogP contribution in [0.25, 0.3) is 11.3 Å². The van der Waals surface area contributed by atoms with Crippen molar-refractivity contribution in [2.45, 2.75) is 20.8 Å². The largest absolute Gasteiger partial charge is 0.494 e. The maximum Gasteiger partial charge on any atom is 0.261 e. The molecule has 5 heteroatoms. The van der Waals surface area contributed by atoms with Gasteiger partial charge in [-0.1, -0.05) is 35.0 Å². The molecule has 0 unspecified atom stereocenters. The Hall–Kier alpha value is -3.08. The Labute approximate surface area is 146 Å². The lowest BCUT2D eigenvalue weighted by Gasteiger charge is -2.07. The zero-order chi connectivity index (χ0) is 17.8. The van der Waals surface area contributed by atoms with Crippen molar-refractivity contribution in [3.63, 3.8) is 0 Å². The Balaban J connectivity index is 1.85. The van der Waals surface area contributed by atoms with Gasteiger partial charge in [-0.2, -0.15) is 0 Å². The van der Waals surface area contributed by atoms with E-state index in [0.717, 1.165) is 16.9 Å². The summed E-state index contributed by atoms with van der Waals surface area (Å²) in [4.78, 5) is 12.7. The summed E-state index contributed by atoms with van der Waals surface area (Å²) in [6.07, 6.45) is 0. The van der Waals surface area contributed by atoms with Crippen LogP contribution in [0.15, 0.2) is 53.1 Å². The third-order valence-electron chi connectivity index (χ3n) is 3.83. The molecule has 25 heavy (non-hydrogen) atoms. The van der Waals surface area contributed by atoms with Crippen LogP contribution in [0.1, 0.15) is 28.5 Å². The maximum absolute atomic E-state index is 12.7. The number of rotatable bonds is 5. The van der Waals surface area contributed by atoms with E-state index in [9.17, 15) is 4.79 Å². The fraction of sp³-hybridized carbons (Fsp3) is 0.200. The lowest BCUT2D eigenvalue weighted by Crippen LogP contribution is -2.13. The molecule has 2 aromatic carbocycles. The topological polar surface area (TPSA) is 64.4 Å². The highest BCUT2D eigenvalue weighted by Crippen LogP contribution is 2.27. The fourth-order valence-electron chi connectivity index (χ4n) is 2.53. The minimum absolute atomic E-state index is 0.251. The third kappa shape index (κ3) is 3.71. The Morgan fingerprint density at radius 2 is 1.76 bits per heavy atom. The molecule has 1 N–H and O–H groups in total. The van der Waals surface area contributed by atoms with Crippen LogP contribution in [0.5, 0.6) is 5.75 Å². The molecule has 5 nitrogen and oxygen atoms in total. The number of ether oxygens (including phenoxy) is 1. The molecule has 0 saturated heterocycles. The van der Waals surface area contributed by atoms with Crippen molar-refractivity contribution in [3.05, 3.63) is 65.4 Å². The van der Waals surface area contributed by atoms with Crippen molar-refractivity contribution < 1.29 is 14.1 Å². The van der Waals surface area contributed by atoms with E-state index >= 15 is 0 Å². The van der Waals surface area contributed by atoms with Crippen LogP contribution < -0.4 is 10.1 Å². The monoisotopic (exact) mass is 336 g/mol. The number of aromatic nitrogens is 1. The van der Waals surface area contributed by atoms with Gasteiger partial charge in [0.25, 0.3) is 5.91 Å². The molecule has 3 rings (SSSR count). The number of aryl methyl sites for hydroxylation is 2. The Bertz CT molecular complexity index is 865. The minimum Gasteiger partial charge on any atom is -0.494 e. The van der Waals surface area contributed by atoms with Gasteiger partial charge in [-0.15, -0.1) is 0 Å². The van der Waals surface area contributed by atoms with E-state index in [1.807, 2.05) is 50.2 Å². The van der Waals surface area contributed by atoms with Crippen LogP contribution in [0.4, 0.5) is 5.69 Å². The van der Waals surface area contributed by atoms with Crippen molar-refractivity contribution in [1.82, 2.24) is 5.16 Å². The predicted octanol–water partition coefficient (Wildman–Crippen LogP) is 4.61. The summed E-state index contributed by atoms with van der Waals surface area (Å²) in [5.74, 6) is 0.987. The molecule has 128 valence electrons. The van der Waals surface area contributed by atoms with E-state index in [1.54, 1.807) is 19.1 Å². The van der Waals surface area contributed by atoms with Gasteiger partial charge in [0.05, 0.1) is 12.3 Å². The molecule has 0 atom stereocenters. The molecule has 0 spiro atoms. The fourth-order valence-corrected chi connectivity index (χ4v) is 2.53. The van der Waals surface area contributed by atoms with Gasteiger partial charge >= 0.3 is 0 Å². The van der Waals surface area contributed by atoms with Crippen molar-refractivity contribution in [3.8, 4) is 17.1 Å². The second-order valence-corrected chi connectivity index (χ2v) is 5.75. The normalized spacial score (nSPS) is 10.5. The molecule has 0 fully saturated rings. The van der Waals surface area contributed by atoms with Crippen LogP contribution in [0, 0.1) is 13.8 Å². The highest BCUT2D eigenvalue weighted by molar-refractivity contribution is 6.08. The SMILES string of the molecule is CCOc1ccc(NC(=O)c2c(C)noc2-c2ccc(C)cc2)cc1. The van der Waals surface area contributed by atoms with Gasteiger partial charge in [0.15, 0.2) is 5.76 Å². The van der Waals surface area contributed by atoms with Gasteiger partial charge in [-0.25, -0.2) is 0 Å². The predicted molar refractivity (Wildman–Crippen MR) is 97.0 cm³/mol. The average molecular weight is 336 g/mol. The second kappa shape index (κ2) is 7.21. The summed E-state index contributed by atoms with van der Waals surface area (Å²) >= 11 is 0. The Morgan fingerprint density at radius 1 is 1.08 bits per heavy atom. The third-order valence-corrected chi connectivity index (χ3v) is 3.83. The summed E-state index contributed by atoms with van der Waals surface area (Å²) in [6, 6.07) is 15.0. The number of hydrogen-bond acceptors (Lipinski definition) is 4. The Morgan fingerprint density at radius 3 is 2.40 bits per heavy atom. The molecule has 3 aromatic rings. The minimum atomic E-state index is -0.251. The molecule has 1 aromatic heterocycles. The summed E-state index contributed by atoms with van der Waals surface area (Å²) in [5.41, 5.74) is 3.64. The maximum atomic E-state index is 12.7. The van der Waals surface area contributed by atoms with Gasteiger partial charge in [0.1, 0.15) is 11.3 Å². The smallest absolute Gasteiger partial charge is 0.261 e. The number of nitrogens with zero attached hydrogens (tertiary/aromatic N) is 1. The highest BCUT2D eigenvalue weighted by Gasteiger charge is 2.21. The molecule has 1 amide bonds. The van der Waals surface area contributed by atoms with Gasteiger partial charge in [-0.05, 0) is 45.0 Å². The molecule has 0 bridgehead atoms. The first-order valence-corrected chi connectivity index (χ1v) is 8.16. The zero-order valence-corrected chi connectivity index (χ0v) is 14.5. The molecule has 0 radical (unpaired) electrons. The zero-order valence-electron chi connectivity index (χ0n) is 14.5. The van der Waals surface area contributed by atoms with Crippen LogP contribution >= 0.6 is 0 Å². The van der Waals surface area contributed by atoms with E-state index in [4.69, 9.17) is 9.26 Å². The number of nitrogens with one attached hydrogen (secondary N) is 1. The molecular formula is C20H20N2O3. The van der Waals surface area contributed by atoms with Crippen molar-refractivity contribution in [2.24, 2.45) is 0 Å². The molecule has 0 aliphatic carbocycles. The summed E-state index contributed by atoms with van der Waals surface area (Å²) in [6.45, 7) is 6.30. The van der Waals surface area contributed by atoms with Gasteiger partial charge in [0, 0.05) is 11.3 Å². The average Bonchev–Trinajstić information content (AvgIpc) is 2.99. The van der Waals surface area contributed by atoms with E-state index in [0.29, 0.717) is 29.3 Å². The van der Waals surface area contributed by atoms with Crippen LogP contribution in [-0.2, 0) is 0 Å². The quantitative estimate of drug-likeness (QED) is 0.739. The molecule has 1 heterocycles. The standard InChI is InChI=1S/C20H20N2O3/c1-4-24-17-11-9-16(10-12-17)21-20(23)18-14(3)22-25-19(18)15-7-5-13(2)6-8-15/h5-12H,4H2,1-3H3,(H,21,23). The first-order valence-electron chi connectivity index (χ1n) is 8.16. The summed E-state index contributed by atoms with van der Waals surface area (Å²) < 4.78 is 10.8. The van der Waals surface area contributed by atoms with E-state index in [2.05, 4.69) is 10.5 Å². The first kappa shape index (κ1) is 16.8. The number of carbonyl (C=O) groups is 1. The van der Waals surface area contributed by atoms with Gasteiger partial charge < -0.3 is 14.6 Å². The number of amides is 1. The molecule has 0 aliphatic rings. The summed E-state index contributed by atoms with van der Waals surface area (Å²) in [7, 11) is 0. The van der Waals surface area contributed by atoms with Crippen LogP contribution in [0.3, 0.4) is 0 Å². The van der Waals surface area contributed by atoms with Crippen molar-refractivity contribution in [1.29, 1.82) is 0 Å². The number of benzene rings is 2. The summed E-state index contributed by atoms with van der Waals surface area (Å²) in [5, 5.41) is 6.84.